The number of pyridine rings is 1. The van der Waals surface area contributed by atoms with Crippen molar-refractivity contribution in [1.82, 2.24) is 4.98 Å². The quantitative estimate of drug-likeness (QED) is 0.886. The molecule has 0 fully saturated rings. The maximum absolute atomic E-state index is 12.9. The molecule has 0 bridgehead atoms. The first-order valence-corrected chi connectivity index (χ1v) is 5.86. The standard InChI is InChI=1S/C13H9F2N3O3/c14-13(15)20-9-4-3-7(6-10(9)21-13)18-12(19)11-8(16)2-1-5-17-11/h1-6H,16H2,(H,18,19). The van der Waals surface area contributed by atoms with Gasteiger partial charge in [0.25, 0.3) is 5.91 Å². The lowest BCUT2D eigenvalue weighted by Gasteiger charge is -2.07. The molecule has 1 amide bonds. The van der Waals surface area contributed by atoms with E-state index in [1.165, 1.54) is 30.5 Å². The van der Waals surface area contributed by atoms with Crippen LogP contribution in [0.5, 0.6) is 11.5 Å². The minimum absolute atomic E-state index is 0.0421. The maximum atomic E-state index is 12.9. The third kappa shape index (κ3) is 2.55. The van der Waals surface area contributed by atoms with Gasteiger partial charge in [-0.25, -0.2) is 4.98 Å². The molecule has 21 heavy (non-hydrogen) atoms. The minimum Gasteiger partial charge on any atom is -0.397 e. The van der Waals surface area contributed by atoms with E-state index in [-0.39, 0.29) is 28.6 Å². The van der Waals surface area contributed by atoms with Crippen LogP contribution in [-0.2, 0) is 0 Å². The molecule has 1 aromatic carbocycles. The second-order valence-electron chi connectivity index (χ2n) is 4.22. The van der Waals surface area contributed by atoms with Gasteiger partial charge in [0.1, 0.15) is 0 Å². The summed E-state index contributed by atoms with van der Waals surface area (Å²) in [4.78, 5) is 15.8. The summed E-state index contributed by atoms with van der Waals surface area (Å²) in [7, 11) is 0. The number of hydrogen-bond acceptors (Lipinski definition) is 5. The fourth-order valence-electron chi connectivity index (χ4n) is 1.82. The van der Waals surface area contributed by atoms with E-state index in [9.17, 15) is 13.6 Å². The van der Waals surface area contributed by atoms with Crippen LogP contribution in [0.3, 0.4) is 0 Å². The molecular formula is C13H9F2N3O3. The van der Waals surface area contributed by atoms with Gasteiger partial charge in [-0.05, 0) is 24.3 Å². The van der Waals surface area contributed by atoms with E-state index in [0.717, 1.165) is 0 Å². The summed E-state index contributed by atoms with van der Waals surface area (Å²) in [5.41, 5.74) is 6.14. The third-order valence-electron chi connectivity index (χ3n) is 2.71. The smallest absolute Gasteiger partial charge is 0.397 e. The molecule has 1 aromatic heterocycles. The first-order chi connectivity index (χ1) is 9.94. The van der Waals surface area contributed by atoms with Crippen molar-refractivity contribution in [1.29, 1.82) is 0 Å². The normalized spacial score (nSPS) is 14.8. The monoisotopic (exact) mass is 293 g/mol. The highest BCUT2D eigenvalue weighted by Gasteiger charge is 2.43. The van der Waals surface area contributed by atoms with Gasteiger partial charge >= 0.3 is 6.29 Å². The summed E-state index contributed by atoms with van der Waals surface area (Å²) >= 11 is 0. The lowest BCUT2D eigenvalue weighted by atomic mass is 10.2. The third-order valence-corrected chi connectivity index (χ3v) is 2.71. The van der Waals surface area contributed by atoms with Crippen LogP contribution in [0.1, 0.15) is 10.5 Å². The lowest BCUT2D eigenvalue weighted by Crippen LogP contribution is -2.25. The summed E-state index contributed by atoms with van der Waals surface area (Å²) in [5, 5.41) is 2.49. The molecule has 8 heteroatoms. The molecule has 2 heterocycles. The van der Waals surface area contributed by atoms with E-state index in [1.54, 1.807) is 6.07 Å². The second-order valence-corrected chi connectivity index (χ2v) is 4.22. The Kier molecular flexibility index (Phi) is 2.86. The Morgan fingerprint density at radius 2 is 2.00 bits per heavy atom. The zero-order chi connectivity index (χ0) is 15.0. The Morgan fingerprint density at radius 1 is 1.24 bits per heavy atom. The molecule has 0 atom stereocenters. The molecule has 6 nitrogen and oxygen atoms in total. The van der Waals surface area contributed by atoms with Crippen LogP contribution in [0.2, 0.25) is 0 Å². The van der Waals surface area contributed by atoms with Crippen molar-refractivity contribution >= 4 is 17.3 Å². The zero-order valence-electron chi connectivity index (χ0n) is 10.5. The SMILES string of the molecule is Nc1cccnc1C(=O)Nc1ccc2c(c1)OC(F)(F)O2. The Morgan fingerprint density at radius 3 is 2.76 bits per heavy atom. The van der Waals surface area contributed by atoms with Gasteiger partial charge in [0.15, 0.2) is 17.2 Å². The average Bonchev–Trinajstić information content (AvgIpc) is 2.72. The summed E-state index contributed by atoms with van der Waals surface area (Å²) in [6.45, 7) is 0. The molecule has 108 valence electrons. The predicted molar refractivity (Wildman–Crippen MR) is 69.2 cm³/mol. The summed E-state index contributed by atoms with van der Waals surface area (Å²) in [6, 6.07) is 7.03. The van der Waals surface area contributed by atoms with Crippen molar-refractivity contribution in [3.63, 3.8) is 0 Å². The van der Waals surface area contributed by atoms with Gasteiger partial charge in [-0.15, -0.1) is 8.78 Å². The van der Waals surface area contributed by atoms with Crippen molar-refractivity contribution in [2.75, 3.05) is 11.1 Å². The van der Waals surface area contributed by atoms with Gasteiger partial charge in [0, 0.05) is 18.0 Å². The highest BCUT2D eigenvalue weighted by molar-refractivity contribution is 6.06. The van der Waals surface area contributed by atoms with Gasteiger partial charge in [0.2, 0.25) is 0 Å². The number of hydrogen-bond donors (Lipinski definition) is 2. The molecule has 0 unspecified atom stereocenters. The molecular weight excluding hydrogens is 284 g/mol. The molecule has 2 aromatic rings. The van der Waals surface area contributed by atoms with Crippen molar-refractivity contribution in [3.05, 3.63) is 42.2 Å². The van der Waals surface area contributed by atoms with Crippen molar-refractivity contribution in [2.45, 2.75) is 6.29 Å². The fourth-order valence-corrected chi connectivity index (χ4v) is 1.82. The first kappa shape index (κ1) is 13.1. The fraction of sp³-hybridized carbons (Fsp3) is 0.0769. The van der Waals surface area contributed by atoms with Crippen LogP contribution in [0.15, 0.2) is 36.5 Å². The number of nitrogens with one attached hydrogen (secondary N) is 1. The van der Waals surface area contributed by atoms with Crippen molar-refractivity contribution in [2.24, 2.45) is 0 Å². The van der Waals surface area contributed by atoms with Gasteiger partial charge < -0.3 is 20.5 Å². The number of nitrogens with two attached hydrogens (primary N) is 1. The predicted octanol–water partition coefficient (Wildman–Crippen LogP) is 2.24. The van der Waals surface area contributed by atoms with Crippen molar-refractivity contribution < 1.29 is 23.0 Å². The number of nitrogen functional groups attached to an aromatic ring is 1. The topological polar surface area (TPSA) is 86.5 Å². The largest absolute Gasteiger partial charge is 0.586 e. The Labute approximate surface area is 117 Å². The van der Waals surface area contributed by atoms with E-state index < -0.39 is 12.2 Å². The molecule has 0 saturated carbocycles. The number of alkyl halides is 2. The molecule has 1 aliphatic heterocycles. The van der Waals surface area contributed by atoms with Gasteiger partial charge in [-0.1, -0.05) is 0 Å². The molecule has 3 N–H and O–H groups in total. The number of anilines is 2. The van der Waals surface area contributed by atoms with E-state index >= 15 is 0 Å². The molecule has 3 rings (SSSR count). The number of carbonyl (C=O) groups excluding carboxylic acids is 1. The number of rotatable bonds is 2. The van der Waals surface area contributed by atoms with Crippen LogP contribution in [-0.4, -0.2) is 17.2 Å². The van der Waals surface area contributed by atoms with Crippen LogP contribution >= 0.6 is 0 Å². The number of carbonyl (C=O) groups is 1. The molecule has 0 aliphatic carbocycles. The number of nitrogens with zero attached hydrogens (tertiary/aromatic N) is 1. The van der Waals surface area contributed by atoms with E-state index in [2.05, 4.69) is 19.8 Å². The first-order valence-electron chi connectivity index (χ1n) is 5.86. The minimum atomic E-state index is -3.70. The highest BCUT2D eigenvalue weighted by atomic mass is 19.3. The van der Waals surface area contributed by atoms with Crippen LogP contribution in [0.25, 0.3) is 0 Å². The molecule has 0 saturated heterocycles. The summed E-state index contributed by atoms with van der Waals surface area (Å²) < 4.78 is 34.3. The molecule has 1 aliphatic rings. The lowest BCUT2D eigenvalue weighted by molar-refractivity contribution is -0.286. The maximum Gasteiger partial charge on any atom is 0.586 e. The van der Waals surface area contributed by atoms with Crippen molar-refractivity contribution in [3.8, 4) is 11.5 Å². The molecule has 0 spiro atoms. The Balaban J connectivity index is 1.81. The molecule has 0 radical (unpaired) electrons. The van der Waals surface area contributed by atoms with Crippen LogP contribution < -0.4 is 20.5 Å². The number of amides is 1. The van der Waals surface area contributed by atoms with Gasteiger partial charge in [-0.3, -0.25) is 4.79 Å². The number of benzene rings is 1. The Bertz CT molecular complexity index is 722. The van der Waals surface area contributed by atoms with Gasteiger partial charge in [0.05, 0.1) is 5.69 Å². The van der Waals surface area contributed by atoms with Gasteiger partial charge in [-0.2, -0.15) is 0 Å². The zero-order valence-corrected chi connectivity index (χ0v) is 10.5. The Hall–Kier alpha value is -2.90. The van der Waals surface area contributed by atoms with Crippen LogP contribution in [0.4, 0.5) is 20.2 Å². The number of fused-ring (bicyclic) bond motifs is 1. The van der Waals surface area contributed by atoms with E-state index in [1.807, 2.05) is 0 Å². The van der Waals surface area contributed by atoms with E-state index in [0.29, 0.717) is 0 Å². The number of ether oxygens (including phenoxy) is 2. The summed E-state index contributed by atoms with van der Waals surface area (Å²) in [5.74, 6) is -0.819. The highest BCUT2D eigenvalue weighted by Crippen LogP contribution is 2.42. The van der Waals surface area contributed by atoms with Crippen LogP contribution in [0, 0.1) is 0 Å². The summed E-state index contributed by atoms with van der Waals surface area (Å²) in [6.07, 6.45) is -2.28. The average molecular weight is 293 g/mol. The number of aromatic nitrogens is 1. The number of halogens is 2. The second kappa shape index (κ2) is 4.58. The van der Waals surface area contributed by atoms with E-state index in [4.69, 9.17) is 5.73 Å².